The minimum atomic E-state index is -0.444. The number of hydrogen-bond acceptors (Lipinski definition) is 2. The Morgan fingerprint density at radius 1 is 1.20 bits per heavy atom. The van der Waals surface area contributed by atoms with E-state index in [-0.39, 0.29) is 0 Å². The number of aromatic nitrogens is 1. The highest BCUT2D eigenvalue weighted by Gasteiger charge is 2.31. The highest BCUT2D eigenvalue weighted by Crippen LogP contribution is 2.37. The molecule has 4 rings (SSSR count). The van der Waals surface area contributed by atoms with E-state index in [4.69, 9.17) is 4.99 Å². The normalized spacial score (nSPS) is 16.7. The van der Waals surface area contributed by atoms with Crippen molar-refractivity contribution in [1.29, 1.82) is 0 Å². The summed E-state index contributed by atoms with van der Waals surface area (Å²) in [5.74, 6) is 0. The highest BCUT2D eigenvalue weighted by molar-refractivity contribution is 6.35. The minimum Gasteiger partial charge on any atom is -0.388 e. The van der Waals surface area contributed by atoms with Gasteiger partial charge in [0.1, 0.15) is 5.71 Å². The number of nitrogens with zero attached hydrogens (tertiary/aromatic N) is 2. The van der Waals surface area contributed by atoms with Gasteiger partial charge in [-0.15, -0.1) is 0 Å². The molecule has 1 aromatic carbocycles. The number of fused-ring (bicyclic) bond motifs is 5. The molecule has 98 valence electrons. The second-order valence-electron chi connectivity index (χ2n) is 5.27. The van der Waals surface area contributed by atoms with E-state index in [0.29, 0.717) is 0 Å². The minimum absolute atomic E-state index is 0.444. The molecule has 1 atom stereocenters. The summed E-state index contributed by atoms with van der Waals surface area (Å²) in [6.45, 7) is 2.61. The van der Waals surface area contributed by atoms with Gasteiger partial charge in [0.2, 0.25) is 5.69 Å². The van der Waals surface area contributed by atoms with Gasteiger partial charge in [0.15, 0.2) is 12.7 Å². The van der Waals surface area contributed by atoms with Gasteiger partial charge in [-0.2, -0.15) is 4.57 Å². The van der Waals surface area contributed by atoms with Crippen molar-refractivity contribution in [2.24, 2.45) is 4.99 Å². The van der Waals surface area contributed by atoms with Crippen LogP contribution in [0.1, 0.15) is 29.8 Å². The molecule has 0 saturated carbocycles. The van der Waals surface area contributed by atoms with Crippen molar-refractivity contribution in [2.75, 3.05) is 0 Å². The van der Waals surface area contributed by atoms with Crippen molar-refractivity contribution < 1.29 is 9.67 Å². The van der Waals surface area contributed by atoms with Crippen LogP contribution in [0.25, 0.3) is 5.57 Å². The third-order valence-corrected chi connectivity index (χ3v) is 3.95. The van der Waals surface area contributed by atoms with E-state index in [9.17, 15) is 5.11 Å². The van der Waals surface area contributed by atoms with Crippen molar-refractivity contribution in [3.63, 3.8) is 0 Å². The van der Waals surface area contributed by atoms with Crippen LogP contribution in [0.15, 0.2) is 53.7 Å². The quantitative estimate of drug-likeness (QED) is 0.789. The number of rotatable bonds is 1. The first kappa shape index (κ1) is 11.6. The molecule has 0 bridgehead atoms. The smallest absolute Gasteiger partial charge is 0.232 e. The van der Waals surface area contributed by atoms with Gasteiger partial charge in [0.05, 0.1) is 11.8 Å². The van der Waals surface area contributed by atoms with Gasteiger partial charge in [-0.1, -0.05) is 18.2 Å². The fraction of sp³-hybridized carbons (Fsp3) is 0.176. The van der Waals surface area contributed by atoms with E-state index >= 15 is 0 Å². The van der Waals surface area contributed by atoms with Crippen molar-refractivity contribution in [1.82, 2.24) is 0 Å². The molecule has 3 nitrogen and oxygen atoms in total. The third kappa shape index (κ3) is 1.57. The molecule has 2 aliphatic heterocycles. The second-order valence-corrected chi connectivity index (χ2v) is 5.27. The summed E-state index contributed by atoms with van der Waals surface area (Å²) >= 11 is 0. The van der Waals surface area contributed by atoms with E-state index in [1.807, 2.05) is 18.3 Å². The Bertz CT molecular complexity index is 772. The van der Waals surface area contributed by atoms with Crippen LogP contribution in [0.5, 0.6) is 0 Å². The number of hydrogen-bond donors (Lipinski definition) is 1. The van der Waals surface area contributed by atoms with Gasteiger partial charge in [0, 0.05) is 22.8 Å². The number of aliphatic hydroxyl groups excluding tert-OH is 1. The summed E-state index contributed by atoms with van der Waals surface area (Å²) in [5, 5.41) is 9.70. The molecule has 20 heavy (non-hydrogen) atoms. The van der Waals surface area contributed by atoms with Crippen LogP contribution in [-0.4, -0.2) is 10.8 Å². The molecular formula is C17H15N2O+. The SMILES string of the molecule is CC(O)c1ccc2[n+](c1)CC=C1C2=Nc2ccccc21. The molecule has 1 unspecified atom stereocenters. The summed E-state index contributed by atoms with van der Waals surface area (Å²) in [6, 6.07) is 12.3. The number of pyridine rings is 1. The molecule has 1 aromatic heterocycles. The highest BCUT2D eigenvalue weighted by atomic mass is 16.3. The van der Waals surface area contributed by atoms with Crippen molar-refractivity contribution in [2.45, 2.75) is 19.6 Å². The van der Waals surface area contributed by atoms with E-state index in [2.05, 4.69) is 34.9 Å². The van der Waals surface area contributed by atoms with Crippen LogP contribution in [0.2, 0.25) is 0 Å². The lowest BCUT2D eigenvalue weighted by atomic mass is 9.97. The Kier molecular flexibility index (Phi) is 2.38. The molecular weight excluding hydrogens is 248 g/mol. The first-order valence-corrected chi connectivity index (χ1v) is 6.84. The number of aliphatic hydroxyl groups is 1. The summed E-state index contributed by atoms with van der Waals surface area (Å²) in [7, 11) is 0. The van der Waals surface area contributed by atoms with Crippen LogP contribution in [0, 0.1) is 0 Å². The van der Waals surface area contributed by atoms with E-state index in [1.54, 1.807) is 6.92 Å². The van der Waals surface area contributed by atoms with Gasteiger partial charge in [-0.05, 0) is 25.1 Å². The van der Waals surface area contributed by atoms with E-state index < -0.39 is 6.10 Å². The summed E-state index contributed by atoms with van der Waals surface area (Å²) in [4.78, 5) is 4.75. The fourth-order valence-electron chi connectivity index (χ4n) is 2.88. The van der Waals surface area contributed by atoms with Gasteiger partial charge >= 0.3 is 0 Å². The Hall–Kier alpha value is -2.26. The molecule has 0 amide bonds. The zero-order valence-corrected chi connectivity index (χ0v) is 11.2. The predicted octanol–water partition coefficient (Wildman–Crippen LogP) is 2.56. The maximum absolute atomic E-state index is 9.70. The van der Waals surface area contributed by atoms with Crippen LogP contribution in [0.3, 0.4) is 0 Å². The molecule has 2 aliphatic rings. The molecule has 0 spiro atoms. The van der Waals surface area contributed by atoms with Crippen molar-refractivity contribution in [3.05, 3.63) is 65.5 Å². The Balaban J connectivity index is 1.87. The summed E-state index contributed by atoms with van der Waals surface area (Å²) in [6.07, 6.45) is 3.78. The number of benzene rings is 1. The monoisotopic (exact) mass is 263 g/mol. The molecule has 2 aromatic rings. The number of allylic oxidation sites excluding steroid dienone is 2. The lowest BCUT2D eigenvalue weighted by Gasteiger charge is -2.12. The third-order valence-electron chi connectivity index (χ3n) is 3.95. The maximum atomic E-state index is 9.70. The molecule has 0 radical (unpaired) electrons. The van der Waals surface area contributed by atoms with Gasteiger partial charge in [0.25, 0.3) is 0 Å². The molecule has 0 aliphatic carbocycles. The van der Waals surface area contributed by atoms with Gasteiger partial charge < -0.3 is 5.11 Å². The predicted molar refractivity (Wildman–Crippen MR) is 77.9 cm³/mol. The van der Waals surface area contributed by atoms with Gasteiger partial charge in [-0.25, -0.2) is 4.99 Å². The van der Waals surface area contributed by atoms with Crippen LogP contribution in [0.4, 0.5) is 5.69 Å². The largest absolute Gasteiger partial charge is 0.388 e. The second kappa shape index (κ2) is 4.12. The molecule has 3 heterocycles. The maximum Gasteiger partial charge on any atom is 0.232 e. The Labute approximate surface area is 117 Å². The van der Waals surface area contributed by atoms with E-state index in [0.717, 1.165) is 29.2 Å². The standard InChI is InChI=1S/C17H15N2O/c1-11(20)12-6-7-16-17-14(8-9-19(16)10-12)13-4-2-3-5-15(13)18-17/h2-8,10-11,20H,9H2,1H3/q+1. The Morgan fingerprint density at radius 2 is 2.05 bits per heavy atom. The number of aliphatic imine (C=N–C) groups is 1. The summed E-state index contributed by atoms with van der Waals surface area (Å²) < 4.78 is 2.15. The van der Waals surface area contributed by atoms with Crippen LogP contribution >= 0.6 is 0 Å². The van der Waals surface area contributed by atoms with Gasteiger partial charge in [-0.3, -0.25) is 0 Å². The fourth-order valence-corrected chi connectivity index (χ4v) is 2.88. The molecule has 0 saturated heterocycles. The van der Waals surface area contributed by atoms with Crippen molar-refractivity contribution in [3.8, 4) is 0 Å². The van der Waals surface area contributed by atoms with Crippen molar-refractivity contribution >= 4 is 17.0 Å². The topological polar surface area (TPSA) is 36.5 Å². The molecule has 1 N–H and O–H groups in total. The van der Waals surface area contributed by atoms with Crippen LogP contribution in [-0.2, 0) is 6.54 Å². The molecule has 0 fully saturated rings. The van der Waals surface area contributed by atoms with Crippen LogP contribution < -0.4 is 4.57 Å². The average Bonchev–Trinajstić information content (AvgIpc) is 2.85. The summed E-state index contributed by atoms with van der Waals surface area (Å²) in [5.41, 5.74) is 6.57. The Morgan fingerprint density at radius 3 is 2.90 bits per heavy atom. The first-order valence-electron chi connectivity index (χ1n) is 6.84. The molecule has 3 heteroatoms. The lowest BCUT2D eigenvalue weighted by molar-refractivity contribution is -0.689. The zero-order valence-electron chi connectivity index (χ0n) is 11.2. The average molecular weight is 263 g/mol. The first-order chi connectivity index (χ1) is 9.74. The number of para-hydroxylation sites is 1. The van der Waals surface area contributed by atoms with E-state index in [1.165, 1.54) is 11.1 Å². The lowest BCUT2D eigenvalue weighted by Crippen LogP contribution is -2.43. The zero-order chi connectivity index (χ0) is 13.7.